The fourth-order valence-corrected chi connectivity index (χ4v) is 5.58. The Hall–Kier alpha value is -4.68. The van der Waals surface area contributed by atoms with Gasteiger partial charge in [0.2, 0.25) is 0 Å². The summed E-state index contributed by atoms with van der Waals surface area (Å²) in [5.41, 5.74) is 0.569. The summed E-state index contributed by atoms with van der Waals surface area (Å²) in [5, 5.41) is 58.2. The van der Waals surface area contributed by atoms with Crippen LogP contribution in [0, 0.1) is 45.3 Å². The van der Waals surface area contributed by atoms with E-state index in [0.29, 0.717) is 19.8 Å². The smallest absolute Gasteiger partial charge is 0.177 e. The second-order valence-corrected chi connectivity index (χ2v) is 11.0. The summed E-state index contributed by atoms with van der Waals surface area (Å²) in [5.74, 6) is -0.335. The lowest BCUT2D eigenvalue weighted by Crippen LogP contribution is -1.93. The van der Waals surface area contributed by atoms with E-state index in [-0.39, 0.29) is 45.3 Å². The third-order valence-corrected chi connectivity index (χ3v) is 8.18. The molecule has 8 nitrogen and oxygen atoms in total. The van der Waals surface area contributed by atoms with Crippen LogP contribution < -0.4 is 9.47 Å². The van der Waals surface area contributed by atoms with Crippen molar-refractivity contribution in [2.45, 2.75) is 19.6 Å². The molecule has 0 spiro atoms. The van der Waals surface area contributed by atoms with E-state index in [4.69, 9.17) is 32.7 Å². The number of hydrogen-bond donors (Lipinski definition) is 2. The molecule has 0 fully saturated rings. The number of ether oxygens (including phenoxy) is 2. The first kappa shape index (κ1) is 31.8. The highest BCUT2D eigenvalue weighted by atomic mass is 35.5. The summed E-state index contributed by atoms with van der Waals surface area (Å²) >= 11 is 14.1. The maximum absolute atomic E-state index is 10.0. The van der Waals surface area contributed by atoms with E-state index in [1.165, 1.54) is 49.9 Å². The number of methoxy groups -OCH3 is 2. The van der Waals surface area contributed by atoms with Gasteiger partial charge in [0.25, 0.3) is 0 Å². The van der Waals surface area contributed by atoms with E-state index in [0.717, 1.165) is 9.79 Å². The van der Waals surface area contributed by atoms with E-state index in [2.05, 4.69) is 0 Å². The number of nitriles is 4. The molecule has 2 N–H and O–H groups in total. The van der Waals surface area contributed by atoms with E-state index >= 15 is 0 Å². The Kier molecular flexibility index (Phi) is 11.2. The number of nitrogens with zero attached hydrogens (tertiary/aromatic N) is 4. The standard InChI is InChI=1S/2C15H9ClN2O2S/c2*1-20-13-6-9(7-17)15(12(8-18)14(13)19)21-11-4-2-10(16)3-5-11/h2*2-6,19H,1H3. The zero-order valence-corrected chi connectivity index (χ0v) is 25.0. The summed E-state index contributed by atoms with van der Waals surface area (Å²) in [6.07, 6.45) is 0. The van der Waals surface area contributed by atoms with E-state index < -0.39 is 0 Å². The van der Waals surface area contributed by atoms with Gasteiger partial charge in [-0.3, -0.25) is 0 Å². The van der Waals surface area contributed by atoms with Crippen LogP contribution in [0.2, 0.25) is 10.0 Å². The molecule has 0 aliphatic rings. The molecule has 4 aromatic carbocycles. The van der Waals surface area contributed by atoms with Crippen molar-refractivity contribution in [2.75, 3.05) is 14.2 Å². The van der Waals surface area contributed by atoms with Crippen LogP contribution in [-0.2, 0) is 0 Å². The minimum absolute atomic E-state index is 0.0193. The van der Waals surface area contributed by atoms with Crippen molar-refractivity contribution in [1.82, 2.24) is 0 Å². The Morgan fingerprint density at radius 3 is 1.19 bits per heavy atom. The van der Waals surface area contributed by atoms with Gasteiger partial charge in [0.15, 0.2) is 23.0 Å². The minimum atomic E-state index is -0.268. The predicted molar refractivity (Wildman–Crippen MR) is 159 cm³/mol. The van der Waals surface area contributed by atoms with Crippen molar-refractivity contribution < 1.29 is 19.7 Å². The zero-order chi connectivity index (χ0) is 30.8. The van der Waals surface area contributed by atoms with Gasteiger partial charge in [0, 0.05) is 32.0 Å². The monoisotopic (exact) mass is 632 g/mol. The van der Waals surface area contributed by atoms with Crippen LogP contribution in [0.4, 0.5) is 0 Å². The average Bonchev–Trinajstić information content (AvgIpc) is 3.00. The fourth-order valence-electron chi connectivity index (χ4n) is 3.40. The Morgan fingerprint density at radius 2 is 0.929 bits per heavy atom. The third-order valence-electron chi connectivity index (χ3n) is 5.41. The first-order valence-corrected chi connectivity index (χ1v) is 13.9. The van der Waals surface area contributed by atoms with Crippen molar-refractivity contribution >= 4 is 46.7 Å². The number of halogens is 2. The fraction of sp³-hybridized carbons (Fsp3) is 0.0667. The molecule has 0 bridgehead atoms. The molecule has 0 unspecified atom stereocenters. The molecule has 4 rings (SSSR count). The molecule has 0 atom stereocenters. The second-order valence-electron chi connectivity index (χ2n) is 7.92. The summed E-state index contributed by atoms with van der Waals surface area (Å²) in [4.78, 5) is 2.38. The van der Waals surface area contributed by atoms with Crippen molar-refractivity contribution in [3.8, 4) is 47.3 Å². The maximum atomic E-state index is 10.0. The first-order valence-electron chi connectivity index (χ1n) is 11.6. The minimum Gasteiger partial charge on any atom is -0.503 e. The number of benzene rings is 4. The number of hydrogen-bond acceptors (Lipinski definition) is 10. The largest absolute Gasteiger partial charge is 0.503 e. The Balaban J connectivity index is 0.000000230. The zero-order valence-electron chi connectivity index (χ0n) is 21.8. The number of rotatable bonds is 6. The van der Waals surface area contributed by atoms with Crippen LogP contribution in [0.15, 0.2) is 80.2 Å². The molecule has 0 saturated carbocycles. The number of phenols is 2. The molecular weight excluding hydrogens is 615 g/mol. The highest BCUT2D eigenvalue weighted by molar-refractivity contribution is 7.99. The lowest BCUT2D eigenvalue weighted by molar-refractivity contribution is 0.371. The van der Waals surface area contributed by atoms with Crippen LogP contribution in [0.1, 0.15) is 22.3 Å². The highest BCUT2D eigenvalue weighted by Crippen LogP contribution is 2.43. The number of phenolic OH excluding ortho intramolecular Hbond substituents is 2. The third kappa shape index (κ3) is 7.33. The van der Waals surface area contributed by atoms with Gasteiger partial charge in [-0.25, -0.2) is 0 Å². The van der Waals surface area contributed by atoms with Gasteiger partial charge in [0.05, 0.1) is 35.1 Å². The topological polar surface area (TPSA) is 154 Å². The van der Waals surface area contributed by atoms with Gasteiger partial charge in [-0.15, -0.1) is 0 Å². The molecule has 0 saturated heterocycles. The predicted octanol–water partition coefficient (Wildman–Crippen LogP) is 7.90. The SMILES string of the molecule is COc1cc(C#N)c(Sc2ccc(Cl)cc2)c(C#N)c1O.COc1cc(C#N)c(Sc2ccc(Cl)cc2)c(C#N)c1O. The van der Waals surface area contributed by atoms with Crippen LogP contribution in [0.3, 0.4) is 0 Å². The molecular formula is C30H18Cl2N4O4S2. The summed E-state index contributed by atoms with van der Waals surface area (Å²) < 4.78 is 9.94. The van der Waals surface area contributed by atoms with Crippen molar-refractivity contribution in [2.24, 2.45) is 0 Å². The van der Waals surface area contributed by atoms with Crippen molar-refractivity contribution in [3.63, 3.8) is 0 Å². The molecule has 0 aromatic heterocycles. The van der Waals surface area contributed by atoms with Crippen LogP contribution in [-0.4, -0.2) is 24.4 Å². The van der Waals surface area contributed by atoms with E-state index in [1.54, 1.807) is 48.5 Å². The quantitative estimate of drug-likeness (QED) is 0.214. The van der Waals surface area contributed by atoms with Crippen LogP contribution in [0.25, 0.3) is 0 Å². The van der Waals surface area contributed by atoms with Crippen LogP contribution in [0.5, 0.6) is 23.0 Å². The Morgan fingerprint density at radius 1 is 0.595 bits per heavy atom. The Labute approximate surface area is 260 Å². The van der Waals surface area contributed by atoms with Gasteiger partial charge in [-0.05, 0) is 48.5 Å². The Bertz CT molecular complexity index is 1660. The lowest BCUT2D eigenvalue weighted by Gasteiger charge is -2.11. The van der Waals surface area contributed by atoms with Gasteiger partial charge in [-0.1, -0.05) is 46.7 Å². The molecule has 12 heteroatoms. The van der Waals surface area contributed by atoms with Gasteiger partial charge in [-0.2, -0.15) is 21.0 Å². The summed E-state index contributed by atoms with van der Waals surface area (Å²) in [6, 6.07) is 24.6. The molecule has 0 aliphatic heterocycles. The summed E-state index contributed by atoms with van der Waals surface area (Å²) in [6.45, 7) is 0. The second kappa shape index (κ2) is 14.8. The van der Waals surface area contributed by atoms with Crippen molar-refractivity contribution in [3.05, 3.63) is 93.0 Å². The molecule has 0 amide bonds. The van der Waals surface area contributed by atoms with Crippen LogP contribution >= 0.6 is 46.7 Å². The van der Waals surface area contributed by atoms with Gasteiger partial charge in [0.1, 0.15) is 35.4 Å². The van der Waals surface area contributed by atoms with E-state index in [1.807, 2.05) is 24.3 Å². The van der Waals surface area contributed by atoms with Crippen molar-refractivity contribution in [1.29, 1.82) is 21.0 Å². The molecule has 4 aromatic rings. The molecule has 0 heterocycles. The molecule has 0 aliphatic carbocycles. The first-order chi connectivity index (χ1) is 20.2. The maximum Gasteiger partial charge on any atom is 0.177 e. The summed E-state index contributed by atoms with van der Waals surface area (Å²) in [7, 11) is 2.73. The number of aromatic hydroxyl groups is 2. The van der Waals surface area contributed by atoms with Gasteiger partial charge < -0.3 is 19.7 Å². The lowest BCUT2D eigenvalue weighted by atomic mass is 10.1. The van der Waals surface area contributed by atoms with E-state index in [9.17, 15) is 31.3 Å². The highest BCUT2D eigenvalue weighted by Gasteiger charge is 2.20. The molecule has 0 radical (unpaired) electrons. The molecule has 42 heavy (non-hydrogen) atoms. The average molecular weight is 634 g/mol. The molecule has 208 valence electrons. The van der Waals surface area contributed by atoms with Gasteiger partial charge >= 0.3 is 0 Å². The normalized spacial score (nSPS) is 9.71.